The van der Waals surface area contributed by atoms with Gasteiger partial charge in [-0.1, -0.05) is 64.7 Å². The molecule has 1 aliphatic rings. The van der Waals surface area contributed by atoms with Gasteiger partial charge in [0, 0.05) is 12.6 Å². The van der Waals surface area contributed by atoms with Crippen molar-refractivity contribution < 1.29 is 26.8 Å². The third-order valence-electron chi connectivity index (χ3n) is 10.5. The topological polar surface area (TPSA) is 112 Å². The molecule has 2 amide bonds. The van der Waals surface area contributed by atoms with Crippen LogP contribution in [0.5, 0.6) is 0 Å². The Balaban J connectivity index is 1.39. The lowest BCUT2D eigenvalue weighted by Crippen LogP contribution is -2.46. The van der Waals surface area contributed by atoms with E-state index < -0.39 is 46.9 Å². The van der Waals surface area contributed by atoms with E-state index in [-0.39, 0.29) is 43.1 Å². The number of urea groups is 1. The van der Waals surface area contributed by atoms with Crippen LogP contribution in [0.25, 0.3) is 11.3 Å². The van der Waals surface area contributed by atoms with Crippen LogP contribution in [0, 0.1) is 0 Å². The minimum atomic E-state index is -4.70. The number of hydrogen-bond acceptors (Lipinski definition) is 7. The van der Waals surface area contributed by atoms with Gasteiger partial charge < -0.3 is 14.2 Å². The van der Waals surface area contributed by atoms with Gasteiger partial charge in [0.05, 0.1) is 46.6 Å². The summed E-state index contributed by atoms with van der Waals surface area (Å²) in [4.78, 5) is 20.2. The van der Waals surface area contributed by atoms with Crippen molar-refractivity contribution in [1.29, 1.82) is 0 Å². The van der Waals surface area contributed by atoms with Crippen molar-refractivity contribution in [2.24, 2.45) is 0 Å². The van der Waals surface area contributed by atoms with E-state index in [2.05, 4.69) is 93.3 Å². The van der Waals surface area contributed by atoms with E-state index in [9.17, 15) is 18.0 Å². The number of amides is 2. The zero-order valence-corrected chi connectivity index (χ0v) is 34.2. The number of carbonyl (C=O) groups is 1. The highest BCUT2D eigenvalue weighted by Crippen LogP contribution is 2.50. The van der Waals surface area contributed by atoms with Crippen molar-refractivity contribution >= 4 is 62.8 Å². The molecule has 4 aromatic heterocycles. The number of anilines is 2. The van der Waals surface area contributed by atoms with E-state index in [1.165, 1.54) is 29.2 Å². The summed E-state index contributed by atoms with van der Waals surface area (Å²) in [6.45, 7) is 22.4. The Morgan fingerprint density at radius 2 is 1.65 bits per heavy atom. The van der Waals surface area contributed by atoms with Crippen LogP contribution < -0.4 is 10.2 Å². The van der Waals surface area contributed by atoms with Crippen LogP contribution in [-0.4, -0.2) is 71.6 Å². The lowest BCUT2D eigenvalue weighted by Gasteiger charge is -2.41. The predicted molar refractivity (Wildman–Crippen MR) is 198 cm³/mol. The number of fused-ring (bicyclic) bond motifs is 3. The molecule has 2 atom stereocenters. The van der Waals surface area contributed by atoms with Gasteiger partial charge in [-0.15, -0.1) is 9.90 Å². The van der Waals surface area contributed by atoms with Gasteiger partial charge in [0.1, 0.15) is 17.2 Å². The number of rotatable bonds is 8. The highest BCUT2D eigenvalue weighted by molar-refractivity contribution is 6.74. The van der Waals surface area contributed by atoms with Crippen molar-refractivity contribution in [2.75, 3.05) is 23.4 Å². The summed E-state index contributed by atoms with van der Waals surface area (Å²) in [6, 6.07) is 5.09. The third-order valence-corrected chi connectivity index (χ3v) is 19.9. The van der Waals surface area contributed by atoms with E-state index >= 15 is 0 Å². The Labute approximate surface area is 308 Å². The number of nitrogens with zero attached hydrogens (tertiary/aromatic N) is 7. The largest absolute Gasteiger partial charge is 0.414 e. The smallest absolute Gasteiger partial charge is 0.401 e. The van der Waals surface area contributed by atoms with Crippen LogP contribution in [0.3, 0.4) is 0 Å². The average Bonchev–Trinajstić information content (AvgIpc) is 3.69. The van der Waals surface area contributed by atoms with Gasteiger partial charge in [0.2, 0.25) is 0 Å². The number of nitrogens with one attached hydrogen (secondary N) is 1. The number of hydrogen-bond donors (Lipinski definition) is 1. The number of aromatic nitrogens is 6. The summed E-state index contributed by atoms with van der Waals surface area (Å²) in [7, 11) is -4.39. The van der Waals surface area contributed by atoms with Gasteiger partial charge in [0.25, 0.3) is 0 Å². The van der Waals surface area contributed by atoms with E-state index in [0.717, 1.165) is 16.3 Å². The molecule has 1 unspecified atom stereocenters. The normalized spacial score (nSPS) is 18.0. The Morgan fingerprint density at radius 1 is 1.00 bits per heavy atom. The first-order valence-corrected chi connectivity index (χ1v) is 23.1. The molecule has 4 aromatic rings. The average molecular weight is 786 g/mol. The molecule has 0 bridgehead atoms. The van der Waals surface area contributed by atoms with Gasteiger partial charge in [-0.05, 0) is 61.4 Å². The summed E-state index contributed by atoms with van der Waals surface area (Å²) >= 11 is 12.7. The van der Waals surface area contributed by atoms with Crippen LogP contribution in [0.15, 0.2) is 36.7 Å². The van der Waals surface area contributed by atoms with Crippen molar-refractivity contribution in [3.63, 3.8) is 0 Å². The second kappa shape index (κ2) is 13.1. The maximum atomic E-state index is 14.5. The van der Waals surface area contributed by atoms with Crippen molar-refractivity contribution in [3.05, 3.63) is 58.2 Å². The standard InChI is InChI=1S/C33H45Cl2F3N8O3Si2/c1-30(2,3)50(8,9)48-18-25(49-51(10,11)31(4,5)6)23-17-40-46(42-23)28-22(34)14-20(16-39-28)41-29(47)44-19-32(7,33(36,37)38)27-24(44)13-12-21-15-26(35)43-45(21)27/h12-17,25H,18-19H2,1-11H3,(H,41,47)/t25?,32-/m1/s1. The van der Waals surface area contributed by atoms with E-state index in [0.29, 0.717) is 17.8 Å². The molecule has 18 heteroatoms. The molecule has 0 aromatic carbocycles. The second-order valence-corrected chi connectivity index (χ2v) is 26.6. The van der Waals surface area contributed by atoms with Crippen molar-refractivity contribution in [2.45, 2.75) is 102 Å². The van der Waals surface area contributed by atoms with Crippen LogP contribution >= 0.6 is 23.2 Å². The molecule has 11 nitrogen and oxygen atoms in total. The van der Waals surface area contributed by atoms with Crippen molar-refractivity contribution in [3.8, 4) is 5.82 Å². The van der Waals surface area contributed by atoms with Gasteiger partial charge in [-0.25, -0.2) is 14.3 Å². The monoisotopic (exact) mass is 784 g/mol. The second-order valence-electron chi connectivity index (χ2n) is 16.2. The molecule has 51 heavy (non-hydrogen) atoms. The number of pyridine rings is 2. The predicted octanol–water partition coefficient (Wildman–Crippen LogP) is 9.57. The van der Waals surface area contributed by atoms with Crippen LogP contribution in [-0.2, 0) is 14.3 Å². The van der Waals surface area contributed by atoms with E-state index in [1.807, 2.05) is 0 Å². The van der Waals surface area contributed by atoms with Gasteiger partial charge in [-0.2, -0.15) is 23.4 Å². The van der Waals surface area contributed by atoms with Crippen molar-refractivity contribution in [1.82, 2.24) is 29.6 Å². The van der Waals surface area contributed by atoms with E-state index in [1.54, 1.807) is 12.3 Å². The summed E-state index contributed by atoms with van der Waals surface area (Å²) in [5.41, 5.74) is -1.46. The Hall–Kier alpha value is -3.03. The molecule has 5 heterocycles. The molecule has 1 N–H and O–H groups in total. The highest BCUT2D eigenvalue weighted by Gasteiger charge is 2.60. The van der Waals surface area contributed by atoms with Gasteiger partial charge in [-0.3, -0.25) is 4.90 Å². The molecule has 0 aliphatic carbocycles. The molecule has 0 radical (unpaired) electrons. The first kappa shape index (κ1) is 39.2. The SMILES string of the molecule is CC(C)(C)[Si](C)(C)OCC(O[Si](C)(C)C(C)(C)C)c1cnn(-c2ncc(NC(=O)N3C[C@@](C)(C(F)(F)F)c4c3ccc3cc(Cl)nn43)cc2Cl)n1. The first-order valence-electron chi connectivity index (χ1n) is 16.5. The number of alkyl halides is 3. The lowest BCUT2D eigenvalue weighted by atomic mass is 9.87. The quantitative estimate of drug-likeness (QED) is 0.177. The first-order chi connectivity index (χ1) is 23.3. The molecule has 0 saturated heterocycles. The maximum Gasteiger partial charge on any atom is 0.401 e. The zero-order chi connectivity index (χ0) is 38.1. The fraction of sp³-hybridized carbons (Fsp3) is 0.545. The molecule has 278 valence electrons. The molecule has 5 rings (SSSR count). The molecule has 0 fully saturated rings. The fourth-order valence-corrected chi connectivity index (χ4v) is 7.89. The molecular formula is C33H45Cl2F3N8O3Si2. The maximum absolute atomic E-state index is 14.5. The summed E-state index contributed by atoms with van der Waals surface area (Å²) in [5, 5.41) is 15.9. The van der Waals surface area contributed by atoms with Crippen LogP contribution in [0.4, 0.5) is 29.3 Å². The lowest BCUT2D eigenvalue weighted by molar-refractivity contribution is -0.181. The highest BCUT2D eigenvalue weighted by atomic mass is 35.5. The van der Waals surface area contributed by atoms with Gasteiger partial charge in [0.15, 0.2) is 27.6 Å². The Morgan fingerprint density at radius 3 is 2.24 bits per heavy atom. The third kappa shape index (κ3) is 7.44. The Kier molecular flexibility index (Phi) is 10.1. The minimum Gasteiger partial charge on any atom is -0.414 e. The molecule has 0 spiro atoms. The van der Waals surface area contributed by atoms with E-state index in [4.69, 9.17) is 32.1 Å². The van der Waals surface area contributed by atoms with Gasteiger partial charge >= 0.3 is 12.2 Å². The Bertz CT molecular complexity index is 1960. The molecular weight excluding hydrogens is 740 g/mol. The summed E-state index contributed by atoms with van der Waals surface area (Å²) in [6.07, 6.45) is -2.25. The number of halogens is 5. The number of carbonyl (C=O) groups excluding carboxylic acids is 1. The van der Waals surface area contributed by atoms with Crippen LogP contribution in [0.2, 0.25) is 46.4 Å². The summed E-state index contributed by atoms with van der Waals surface area (Å²) in [5.74, 6) is 0.187. The molecule has 1 aliphatic heterocycles. The fourth-order valence-electron chi connectivity index (χ4n) is 5.20. The summed E-state index contributed by atoms with van der Waals surface area (Å²) < 4.78 is 58.1. The minimum absolute atomic E-state index is 0.00251. The molecule has 0 saturated carbocycles. The van der Waals surface area contributed by atoms with Crippen LogP contribution in [0.1, 0.15) is 66.0 Å². The zero-order valence-electron chi connectivity index (χ0n) is 30.7.